The highest BCUT2D eigenvalue weighted by atomic mass is 16.5. The molecule has 2 heterocycles. The van der Waals surface area contributed by atoms with Crippen LogP contribution in [0.4, 0.5) is 0 Å². The zero-order chi connectivity index (χ0) is 16.9. The Morgan fingerprint density at radius 1 is 1.17 bits per heavy atom. The Balaban J connectivity index is 1.62. The number of carbonyl (C=O) groups is 1. The number of benzene rings is 1. The van der Waals surface area contributed by atoms with Crippen molar-refractivity contribution in [2.24, 2.45) is 0 Å². The molecule has 2 aliphatic heterocycles. The van der Waals surface area contributed by atoms with Crippen LogP contribution in [0.25, 0.3) is 6.08 Å². The number of esters is 1. The Kier molecular flexibility index (Phi) is 5.45. The maximum Gasteiger partial charge on any atom is 0.330 e. The first kappa shape index (κ1) is 16.9. The highest BCUT2D eigenvalue weighted by molar-refractivity contribution is 5.82. The van der Waals surface area contributed by atoms with Crippen LogP contribution in [-0.2, 0) is 14.3 Å². The van der Waals surface area contributed by atoms with Crippen molar-refractivity contribution in [3.05, 3.63) is 54.1 Å². The first-order chi connectivity index (χ1) is 11.6. The third kappa shape index (κ3) is 4.32. The Morgan fingerprint density at radius 2 is 1.96 bits per heavy atom. The minimum absolute atomic E-state index is 0.242. The van der Waals surface area contributed by atoms with Gasteiger partial charge in [0.1, 0.15) is 18.3 Å². The highest BCUT2D eigenvalue weighted by Gasteiger charge is 2.36. The lowest BCUT2D eigenvalue weighted by atomic mass is 9.93. The van der Waals surface area contributed by atoms with Crippen LogP contribution in [0.1, 0.15) is 24.8 Å². The van der Waals surface area contributed by atoms with Crippen molar-refractivity contribution in [2.45, 2.75) is 49.8 Å². The Morgan fingerprint density at radius 3 is 2.71 bits per heavy atom. The molecular formula is C19H22O5. The topological polar surface area (TPSA) is 76.0 Å². The maximum absolute atomic E-state index is 11.3. The molecule has 1 fully saturated rings. The molecule has 1 saturated heterocycles. The number of aliphatic hydroxyl groups is 2. The molecule has 0 unspecified atom stereocenters. The summed E-state index contributed by atoms with van der Waals surface area (Å²) in [4.78, 5) is 11.3. The molecule has 0 aliphatic carbocycles. The van der Waals surface area contributed by atoms with E-state index in [4.69, 9.17) is 9.47 Å². The SMILES string of the molecule is O=C1C=CC[C@H](C[C@H]2C[C@H](O)[C@H](O)[C@H](/C=C/c3ccccc3)O2)O1. The average Bonchev–Trinajstić information content (AvgIpc) is 2.58. The minimum atomic E-state index is -0.963. The summed E-state index contributed by atoms with van der Waals surface area (Å²) >= 11 is 0. The van der Waals surface area contributed by atoms with E-state index in [1.165, 1.54) is 6.08 Å². The summed E-state index contributed by atoms with van der Waals surface area (Å²) in [7, 11) is 0. The van der Waals surface area contributed by atoms with Crippen LogP contribution < -0.4 is 0 Å². The Labute approximate surface area is 141 Å². The van der Waals surface area contributed by atoms with Crippen molar-refractivity contribution in [2.75, 3.05) is 0 Å². The summed E-state index contributed by atoms with van der Waals surface area (Å²) in [6, 6.07) is 9.70. The summed E-state index contributed by atoms with van der Waals surface area (Å²) in [5, 5.41) is 20.3. The van der Waals surface area contributed by atoms with Gasteiger partial charge in [-0.1, -0.05) is 48.6 Å². The molecular weight excluding hydrogens is 308 g/mol. The monoisotopic (exact) mass is 330 g/mol. The first-order valence-electron chi connectivity index (χ1n) is 8.24. The third-order valence-corrected chi connectivity index (χ3v) is 4.32. The molecule has 2 N–H and O–H groups in total. The second kappa shape index (κ2) is 7.75. The number of rotatable bonds is 4. The molecule has 0 spiro atoms. The van der Waals surface area contributed by atoms with Crippen molar-refractivity contribution in [1.29, 1.82) is 0 Å². The van der Waals surface area contributed by atoms with Gasteiger partial charge in [0.05, 0.1) is 12.2 Å². The van der Waals surface area contributed by atoms with E-state index in [0.29, 0.717) is 19.3 Å². The quantitative estimate of drug-likeness (QED) is 0.824. The van der Waals surface area contributed by atoms with Crippen molar-refractivity contribution < 1.29 is 24.5 Å². The normalized spacial score (nSPS) is 33.6. The number of hydrogen-bond donors (Lipinski definition) is 2. The fraction of sp³-hybridized carbons (Fsp3) is 0.421. The van der Waals surface area contributed by atoms with Gasteiger partial charge < -0.3 is 19.7 Å². The average molecular weight is 330 g/mol. The second-order valence-electron chi connectivity index (χ2n) is 6.22. The van der Waals surface area contributed by atoms with Crippen LogP contribution in [0.2, 0.25) is 0 Å². The lowest BCUT2D eigenvalue weighted by molar-refractivity contribution is -0.165. The summed E-state index contributed by atoms with van der Waals surface area (Å²) in [6.45, 7) is 0. The van der Waals surface area contributed by atoms with Gasteiger partial charge in [-0.2, -0.15) is 0 Å². The standard InChI is InChI=1S/C19H22O5/c20-16-12-15(11-14-7-4-8-18(21)24-14)23-17(19(16)22)10-9-13-5-2-1-3-6-13/h1-6,8-10,14-17,19-20,22H,7,11-12H2/b10-9+/t14-,15+,16+,17+,19+/m1/s1. The van der Waals surface area contributed by atoms with E-state index in [-0.39, 0.29) is 18.2 Å². The summed E-state index contributed by atoms with van der Waals surface area (Å²) in [5.74, 6) is -0.344. The zero-order valence-electron chi connectivity index (χ0n) is 13.3. The molecule has 0 aromatic heterocycles. The van der Waals surface area contributed by atoms with E-state index < -0.39 is 18.3 Å². The minimum Gasteiger partial charge on any atom is -0.459 e. The van der Waals surface area contributed by atoms with E-state index in [2.05, 4.69) is 0 Å². The number of cyclic esters (lactones) is 1. The van der Waals surface area contributed by atoms with Crippen molar-refractivity contribution in [3.63, 3.8) is 0 Å². The first-order valence-corrected chi connectivity index (χ1v) is 8.24. The van der Waals surface area contributed by atoms with Gasteiger partial charge in [0.15, 0.2) is 0 Å². The molecule has 0 amide bonds. The van der Waals surface area contributed by atoms with Crippen molar-refractivity contribution in [3.8, 4) is 0 Å². The van der Waals surface area contributed by atoms with Gasteiger partial charge in [0.25, 0.3) is 0 Å². The van der Waals surface area contributed by atoms with Gasteiger partial charge in [0.2, 0.25) is 0 Å². The molecule has 5 atom stereocenters. The molecule has 1 aromatic carbocycles. The fourth-order valence-corrected chi connectivity index (χ4v) is 3.07. The van der Waals surface area contributed by atoms with Gasteiger partial charge in [-0.05, 0) is 5.56 Å². The van der Waals surface area contributed by atoms with Crippen LogP contribution >= 0.6 is 0 Å². The summed E-state index contributed by atoms with van der Waals surface area (Å²) in [6.07, 6.45) is 5.41. The molecule has 0 radical (unpaired) electrons. The molecule has 5 heteroatoms. The van der Waals surface area contributed by atoms with Crippen LogP contribution in [0, 0.1) is 0 Å². The van der Waals surface area contributed by atoms with E-state index in [9.17, 15) is 15.0 Å². The summed E-state index contributed by atoms with van der Waals surface area (Å²) in [5.41, 5.74) is 0.997. The molecule has 1 aromatic rings. The van der Waals surface area contributed by atoms with Gasteiger partial charge in [-0.25, -0.2) is 4.79 Å². The smallest absolute Gasteiger partial charge is 0.330 e. The van der Waals surface area contributed by atoms with Gasteiger partial charge in [0, 0.05) is 25.3 Å². The number of carbonyl (C=O) groups excluding carboxylic acids is 1. The third-order valence-electron chi connectivity index (χ3n) is 4.32. The Hall–Kier alpha value is -1.95. The number of ether oxygens (including phenoxy) is 2. The van der Waals surface area contributed by atoms with Gasteiger partial charge >= 0.3 is 5.97 Å². The molecule has 2 aliphatic rings. The highest BCUT2D eigenvalue weighted by Crippen LogP contribution is 2.27. The maximum atomic E-state index is 11.3. The van der Waals surface area contributed by atoms with Crippen LogP contribution in [0.3, 0.4) is 0 Å². The van der Waals surface area contributed by atoms with Crippen LogP contribution in [-0.4, -0.2) is 46.7 Å². The lowest BCUT2D eigenvalue weighted by Crippen LogP contribution is -2.48. The molecule has 3 rings (SSSR count). The Bertz CT molecular complexity index is 609. The lowest BCUT2D eigenvalue weighted by Gasteiger charge is -2.37. The predicted molar refractivity (Wildman–Crippen MR) is 89.0 cm³/mol. The molecule has 0 saturated carbocycles. The molecule has 24 heavy (non-hydrogen) atoms. The van der Waals surface area contributed by atoms with E-state index in [1.54, 1.807) is 12.2 Å². The van der Waals surface area contributed by atoms with Crippen LogP contribution in [0.15, 0.2) is 48.6 Å². The van der Waals surface area contributed by atoms with Crippen molar-refractivity contribution in [1.82, 2.24) is 0 Å². The van der Waals surface area contributed by atoms with Gasteiger partial charge in [-0.15, -0.1) is 0 Å². The van der Waals surface area contributed by atoms with E-state index in [1.807, 2.05) is 36.4 Å². The van der Waals surface area contributed by atoms with Crippen LogP contribution in [0.5, 0.6) is 0 Å². The molecule has 0 bridgehead atoms. The zero-order valence-corrected chi connectivity index (χ0v) is 13.3. The molecule has 128 valence electrons. The largest absolute Gasteiger partial charge is 0.459 e. The molecule has 5 nitrogen and oxygen atoms in total. The second-order valence-corrected chi connectivity index (χ2v) is 6.22. The van der Waals surface area contributed by atoms with E-state index in [0.717, 1.165) is 5.56 Å². The fourth-order valence-electron chi connectivity index (χ4n) is 3.07. The summed E-state index contributed by atoms with van der Waals surface area (Å²) < 4.78 is 11.2. The van der Waals surface area contributed by atoms with Crippen molar-refractivity contribution >= 4 is 12.0 Å². The number of aliphatic hydroxyl groups excluding tert-OH is 2. The predicted octanol–water partition coefficient (Wildman–Crippen LogP) is 1.84. The van der Waals surface area contributed by atoms with Gasteiger partial charge in [-0.3, -0.25) is 0 Å². The van der Waals surface area contributed by atoms with E-state index >= 15 is 0 Å². The number of hydrogen-bond acceptors (Lipinski definition) is 5.